The number of phenolic OH excluding ortho intramolecular Hbond substituents is 1. The zero-order valence-electron chi connectivity index (χ0n) is 18.8. The summed E-state index contributed by atoms with van der Waals surface area (Å²) in [5, 5.41) is 13.3. The summed E-state index contributed by atoms with van der Waals surface area (Å²) < 4.78 is 1.96. The molecule has 0 aliphatic carbocycles. The normalized spacial score (nSPS) is 11.1. The van der Waals surface area contributed by atoms with E-state index >= 15 is 0 Å². The molecule has 0 fully saturated rings. The molecule has 0 radical (unpaired) electrons. The predicted octanol–water partition coefficient (Wildman–Crippen LogP) is 6.15. The number of phenols is 1. The van der Waals surface area contributed by atoms with Crippen LogP contribution in [0, 0.1) is 6.07 Å². The van der Waals surface area contributed by atoms with Gasteiger partial charge in [-0.1, -0.05) is 48.6 Å². The summed E-state index contributed by atoms with van der Waals surface area (Å²) in [5.74, 6) is 1.09. The molecule has 4 nitrogen and oxygen atoms in total. The molecule has 0 spiro atoms. The maximum Gasteiger partial charge on any atom is 0.128 e. The Morgan fingerprint density at radius 2 is 1.71 bits per heavy atom. The number of hydrogen-bond donors (Lipinski definition) is 1. The van der Waals surface area contributed by atoms with Gasteiger partial charge in [-0.2, -0.15) is 0 Å². The van der Waals surface area contributed by atoms with Gasteiger partial charge in [-0.25, -0.2) is 0 Å². The van der Waals surface area contributed by atoms with Crippen LogP contribution in [0.3, 0.4) is 0 Å². The standard InChI is InChI=1S/C29H24N3O.Pt/c1-32-20-27(31-29(32)22-11-3-2-4-12-22)26-17-9-15-21(28(26)33)10-5-6-13-23-18-30-19-24-14-7-8-16-25(23)24;/h2-9,11,14-20,33H,10,13H2,1H3;/q-1;/b6-5-;. The Bertz CT molecular complexity index is 1440. The van der Waals surface area contributed by atoms with Crippen LogP contribution < -0.4 is 0 Å². The second-order valence-electron chi connectivity index (χ2n) is 8.05. The van der Waals surface area contributed by atoms with Crippen LogP contribution >= 0.6 is 0 Å². The van der Waals surface area contributed by atoms with Gasteiger partial charge < -0.3 is 9.67 Å². The second-order valence-corrected chi connectivity index (χ2v) is 8.05. The molecule has 0 atom stereocenters. The molecule has 0 unspecified atom stereocenters. The van der Waals surface area contributed by atoms with Crippen LogP contribution in [0.5, 0.6) is 5.75 Å². The van der Waals surface area contributed by atoms with Gasteiger partial charge in [-0.3, -0.25) is 9.97 Å². The van der Waals surface area contributed by atoms with Crippen molar-refractivity contribution in [2.75, 3.05) is 0 Å². The minimum absolute atomic E-state index is 0. The van der Waals surface area contributed by atoms with Gasteiger partial charge in [0.15, 0.2) is 0 Å². The van der Waals surface area contributed by atoms with Gasteiger partial charge in [0.25, 0.3) is 0 Å². The summed E-state index contributed by atoms with van der Waals surface area (Å²) in [6.45, 7) is 0. The summed E-state index contributed by atoms with van der Waals surface area (Å²) in [6, 6.07) is 25.1. The molecule has 5 heteroatoms. The first-order chi connectivity index (χ1) is 16.2. The summed E-state index contributed by atoms with van der Waals surface area (Å²) in [6.07, 6.45) is 11.4. The number of aryl methyl sites for hydroxylation is 1. The molecular formula is C29H24N3OPt-. The number of allylic oxidation sites excluding steroid dienone is 2. The van der Waals surface area contributed by atoms with Gasteiger partial charge in [-0.15, -0.1) is 35.9 Å². The van der Waals surface area contributed by atoms with Gasteiger partial charge in [0.2, 0.25) is 0 Å². The molecular weight excluding hydrogens is 601 g/mol. The van der Waals surface area contributed by atoms with Crippen LogP contribution in [0.1, 0.15) is 11.1 Å². The number of hydrogen-bond acceptors (Lipinski definition) is 3. The van der Waals surface area contributed by atoms with Crippen molar-refractivity contribution in [1.82, 2.24) is 14.5 Å². The predicted molar refractivity (Wildman–Crippen MR) is 133 cm³/mol. The van der Waals surface area contributed by atoms with Gasteiger partial charge in [0.05, 0.1) is 11.5 Å². The van der Waals surface area contributed by atoms with E-state index in [1.807, 2.05) is 78.7 Å². The van der Waals surface area contributed by atoms with E-state index < -0.39 is 0 Å². The van der Waals surface area contributed by atoms with Crippen LogP contribution in [0.15, 0.2) is 97.5 Å². The van der Waals surface area contributed by atoms with E-state index in [0.717, 1.165) is 40.0 Å². The smallest absolute Gasteiger partial charge is 0.128 e. The molecule has 0 aliphatic heterocycles. The van der Waals surface area contributed by atoms with Crippen LogP contribution in [-0.4, -0.2) is 19.6 Å². The Kier molecular flexibility index (Phi) is 7.39. The van der Waals surface area contributed by atoms with Crippen LogP contribution in [0.2, 0.25) is 0 Å². The van der Waals surface area contributed by atoms with E-state index in [4.69, 9.17) is 4.98 Å². The average molecular weight is 626 g/mol. The van der Waals surface area contributed by atoms with E-state index in [9.17, 15) is 5.11 Å². The van der Waals surface area contributed by atoms with Crippen molar-refractivity contribution < 1.29 is 26.2 Å². The summed E-state index contributed by atoms with van der Waals surface area (Å²) >= 11 is 0. The Morgan fingerprint density at radius 1 is 0.912 bits per heavy atom. The third-order valence-corrected chi connectivity index (χ3v) is 5.81. The first kappa shape index (κ1) is 23.7. The molecule has 0 saturated heterocycles. The van der Waals surface area contributed by atoms with Crippen molar-refractivity contribution in [1.29, 1.82) is 0 Å². The van der Waals surface area contributed by atoms with Gasteiger partial charge in [0.1, 0.15) is 5.75 Å². The number of para-hydroxylation sites is 1. The molecule has 34 heavy (non-hydrogen) atoms. The monoisotopic (exact) mass is 625 g/mol. The average Bonchev–Trinajstić information content (AvgIpc) is 3.24. The number of nitrogens with zero attached hydrogens (tertiary/aromatic N) is 3. The second kappa shape index (κ2) is 10.6. The fraction of sp³-hybridized carbons (Fsp3) is 0.103. The molecule has 2 aromatic heterocycles. The third-order valence-electron chi connectivity index (χ3n) is 5.81. The molecule has 3 aromatic carbocycles. The zero-order chi connectivity index (χ0) is 22.6. The summed E-state index contributed by atoms with van der Waals surface area (Å²) in [4.78, 5) is 9.12. The van der Waals surface area contributed by atoms with E-state index in [0.29, 0.717) is 6.42 Å². The van der Waals surface area contributed by atoms with E-state index in [2.05, 4.69) is 41.4 Å². The number of rotatable bonds is 6. The first-order valence-electron chi connectivity index (χ1n) is 11.0. The Hall–Kier alpha value is -3.49. The number of imidazole rings is 1. The maximum atomic E-state index is 11.0. The van der Waals surface area contributed by atoms with E-state index in [-0.39, 0.29) is 26.8 Å². The molecule has 5 aromatic rings. The number of aromatic nitrogens is 3. The summed E-state index contributed by atoms with van der Waals surface area (Å²) in [5.41, 5.74) is 4.47. The molecule has 172 valence electrons. The van der Waals surface area contributed by atoms with Crippen molar-refractivity contribution in [3.05, 3.63) is 115 Å². The molecule has 0 aliphatic rings. The molecule has 0 bridgehead atoms. The number of pyridine rings is 1. The van der Waals surface area contributed by atoms with Crippen molar-refractivity contribution in [2.24, 2.45) is 7.05 Å². The minimum Gasteiger partial charge on any atom is -0.507 e. The van der Waals surface area contributed by atoms with Gasteiger partial charge in [0, 0.05) is 57.7 Å². The largest absolute Gasteiger partial charge is 0.507 e. The quantitative estimate of drug-likeness (QED) is 0.182. The van der Waals surface area contributed by atoms with Crippen LogP contribution in [0.25, 0.3) is 33.4 Å². The maximum absolute atomic E-state index is 11.0. The van der Waals surface area contributed by atoms with Crippen molar-refractivity contribution >= 4 is 10.8 Å². The molecule has 0 saturated carbocycles. The Morgan fingerprint density at radius 3 is 2.53 bits per heavy atom. The van der Waals surface area contributed by atoms with E-state index in [1.165, 1.54) is 10.9 Å². The topological polar surface area (TPSA) is 50.9 Å². The Balaban J connectivity index is 0.00000274. The number of aromatic hydroxyl groups is 1. The SMILES string of the molecule is Cn1cc(-c2cccc(C/C=C\Cc3cncc4ccccc34)c2O)nc1-c1[c-]cccc1.[Pt]. The minimum atomic E-state index is 0. The van der Waals surface area contributed by atoms with Crippen LogP contribution in [-0.2, 0) is 41.0 Å². The molecule has 0 amide bonds. The molecule has 5 rings (SSSR count). The molecule has 1 N–H and O–H groups in total. The Labute approximate surface area is 213 Å². The fourth-order valence-corrected chi connectivity index (χ4v) is 4.10. The van der Waals surface area contributed by atoms with Crippen molar-refractivity contribution in [2.45, 2.75) is 12.8 Å². The van der Waals surface area contributed by atoms with Crippen molar-refractivity contribution in [3.63, 3.8) is 0 Å². The zero-order valence-corrected chi connectivity index (χ0v) is 21.0. The van der Waals surface area contributed by atoms with Crippen molar-refractivity contribution in [3.8, 4) is 28.4 Å². The van der Waals surface area contributed by atoms with E-state index in [1.54, 1.807) is 0 Å². The van der Waals surface area contributed by atoms with Gasteiger partial charge >= 0.3 is 0 Å². The summed E-state index contributed by atoms with van der Waals surface area (Å²) in [7, 11) is 1.96. The van der Waals surface area contributed by atoms with Crippen LogP contribution in [0.4, 0.5) is 0 Å². The third kappa shape index (κ3) is 4.88. The van der Waals surface area contributed by atoms with Gasteiger partial charge in [-0.05, 0) is 35.4 Å². The number of benzene rings is 3. The fourth-order valence-electron chi connectivity index (χ4n) is 4.10. The number of fused-ring (bicyclic) bond motifs is 1. The first-order valence-corrected chi connectivity index (χ1v) is 11.0. The molecule has 2 heterocycles.